The maximum atomic E-state index is 12.5. The smallest absolute Gasteiger partial charge is 0.443 e. The number of carbonyl (C=O) groups is 1. The standard InChI is InChI=1S/C16H14F3N3O3/c1-15(2,3)24-14(23)22-7-6-9-8-10(4-5-11(9)22)12-20-13(25-21-12)16(17,18)19/h4-8H,1-3H3. The lowest BCUT2D eigenvalue weighted by Gasteiger charge is -2.19. The van der Waals surface area contributed by atoms with Crippen LogP contribution in [0.25, 0.3) is 22.3 Å². The molecule has 0 bridgehead atoms. The van der Waals surface area contributed by atoms with Crippen LogP contribution in [0.5, 0.6) is 0 Å². The number of nitrogens with zero attached hydrogens (tertiary/aromatic N) is 3. The van der Waals surface area contributed by atoms with Gasteiger partial charge in [0.15, 0.2) is 0 Å². The predicted molar refractivity (Wildman–Crippen MR) is 81.9 cm³/mol. The zero-order valence-electron chi connectivity index (χ0n) is 13.6. The van der Waals surface area contributed by atoms with E-state index >= 15 is 0 Å². The van der Waals surface area contributed by atoms with Crippen molar-refractivity contribution in [1.82, 2.24) is 14.7 Å². The third-order valence-corrected chi connectivity index (χ3v) is 3.21. The van der Waals surface area contributed by atoms with E-state index in [1.54, 1.807) is 39.0 Å². The van der Waals surface area contributed by atoms with Gasteiger partial charge in [-0.1, -0.05) is 5.16 Å². The number of carbonyl (C=O) groups excluding carboxylic acids is 1. The Morgan fingerprint density at radius 2 is 1.92 bits per heavy atom. The van der Waals surface area contributed by atoms with E-state index in [-0.39, 0.29) is 5.82 Å². The number of halogens is 3. The van der Waals surface area contributed by atoms with Gasteiger partial charge in [0.25, 0.3) is 0 Å². The molecule has 0 aliphatic rings. The maximum absolute atomic E-state index is 12.5. The molecule has 2 aromatic heterocycles. The van der Waals surface area contributed by atoms with Crippen molar-refractivity contribution in [2.45, 2.75) is 32.5 Å². The van der Waals surface area contributed by atoms with Gasteiger partial charge in [0, 0.05) is 17.1 Å². The van der Waals surface area contributed by atoms with E-state index in [0.29, 0.717) is 16.5 Å². The van der Waals surface area contributed by atoms with Crippen LogP contribution in [0.4, 0.5) is 18.0 Å². The Labute approximate surface area is 140 Å². The summed E-state index contributed by atoms with van der Waals surface area (Å²) in [6.07, 6.45) is -3.72. The first kappa shape index (κ1) is 17.0. The fraction of sp³-hybridized carbons (Fsp3) is 0.312. The summed E-state index contributed by atoms with van der Waals surface area (Å²) in [5.74, 6) is -1.59. The second kappa shape index (κ2) is 5.61. The van der Waals surface area contributed by atoms with Crippen LogP contribution < -0.4 is 0 Å². The molecule has 1 aromatic carbocycles. The normalized spacial score (nSPS) is 12.6. The van der Waals surface area contributed by atoms with Crippen molar-refractivity contribution in [2.75, 3.05) is 0 Å². The van der Waals surface area contributed by atoms with E-state index in [1.807, 2.05) is 0 Å². The zero-order chi connectivity index (χ0) is 18.4. The third kappa shape index (κ3) is 3.49. The van der Waals surface area contributed by atoms with Gasteiger partial charge in [-0.3, -0.25) is 4.57 Å². The van der Waals surface area contributed by atoms with Crippen molar-refractivity contribution in [3.63, 3.8) is 0 Å². The minimum Gasteiger partial charge on any atom is -0.443 e. The molecule has 0 saturated carbocycles. The van der Waals surface area contributed by atoms with Crippen LogP contribution in [0, 0.1) is 0 Å². The minimum atomic E-state index is -4.70. The first-order valence-corrected chi connectivity index (χ1v) is 7.30. The topological polar surface area (TPSA) is 70.2 Å². The number of rotatable bonds is 1. The molecule has 0 amide bonds. The van der Waals surface area contributed by atoms with Gasteiger partial charge >= 0.3 is 18.2 Å². The van der Waals surface area contributed by atoms with E-state index in [4.69, 9.17) is 4.74 Å². The monoisotopic (exact) mass is 353 g/mol. The number of fused-ring (bicyclic) bond motifs is 1. The Hall–Kier alpha value is -2.84. The summed E-state index contributed by atoms with van der Waals surface area (Å²) in [5, 5.41) is 3.97. The molecule has 2 heterocycles. The molecule has 0 unspecified atom stereocenters. The van der Waals surface area contributed by atoms with Crippen LogP contribution in [0.2, 0.25) is 0 Å². The average Bonchev–Trinajstić information content (AvgIpc) is 3.11. The quantitative estimate of drug-likeness (QED) is 0.644. The average molecular weight is 353 g/mol. The Morgan fingerprint density at radius 1 is 1.20 bits per heavy atom. The summed E-state index contributed by atoms with van der Waals surface area (Å²) in [6, 6.07) is 6.31. The van der Waals surface area contributed by atoms with E-state index in [1.165, 1.54) is 16.8 Å². The highest BCUT2D eigenvalue weighted by Crippen LogP contribution is 2.30. The van der Waals surface area contributed by atoms with Crippen molar-refractivity contribution in [1.29, 1.82) is 0 Å². The van der Waals surface area contributed by atoms with Crippen molar-refractivity contribution in [2.24, 2.45) is 0 Å². The van der Waals surface area contributed by atoms with Crippen LogP contribution in [0.15, 0.2) is 35.0 Å². The van der Waals surface area contributed by atoms with Crippen molar-refractivity contribution < 1.29 is 27.2 Å². The number of ether oxygens (including phenoxy) is 1. The highest BCUT2D eigenvalue weighted by Gasteiger charge is 2.38. The van der Waals surface area contributed by atoms with Crippen molar-refractivity contribution >= 4 is 17.0 Å². The molecule has 25 heavy (non-hydrogen) atoms. The lowest BCUT2D eigenvalue weighted by Crippen LogP contribution is -2.26. The molecule has 0 aliphatic carbocycles. The van der Waals surface area contributed by atoms with E-state index in [2.05, 4.69) is 14.7 Å². The molecule has 0 N–H and O–H groups in total. The summed E-state index contributed by atoms with van der Waals surface area (Å²) >= 11 is 0. The Kier molecular flexibility index (Phi) is 3.81. The summed E-state index contributed by atoms with van der Waals surface area (Å²) < 4.78 is 48.5. The Balaban J connectivity index is 1.95. The van der Waals surface area contributed by atoms with Crippen molar-refractivity contribution in [3.05, 3.63) is 36.4 Å². The molecule has 3 rings (SSSR count). The molecule has 132 valence electrons. The molecule has 3 aromatic rings. The summed E-state index contributed by atoms with van der Waals surface area (Å²) in [4.78, 5) is 15.5. The summed E-state index contributed by atoms with van der Waals surface area (Å²) in [5.41, 5.74) is 0.248. The molecule has 0 fully saturated rings. The van der Waals surface area contributed by atoms with Gasteiger partial charge in [-0.05, 0) is 45.0 Å². The summed E-state index contributed by atoms with van der Waals surface area (Å²) in [6.45, 7) is 5.26. The fourth-order valence-corrected chi connectivity index (χ4v) is 2.21. The molecule has 0 aliphatic heterocycles. The van der Waals surface area contributed by atoms with Gasteiger partial charge < -0.3 is 9.26 Å². The number of aromatic nitrogens is 3. The fourth-order valence-electron chi connectivity index (χ4n) is 2.21. The molecular formula is C16H14F3N3O3. The molecule has 0 spiro atoms. The SMILES string of the molecule is CC(C)(C)OC(=O)n1ccc2cc(-c3noc(C(F)(F)F)n3)ccc21. The van der Waals surface area contributed by atoms with Crippen LogP contribution in [0.1, 0.15) is 26.7 Å². The number of benzene rings is 1. The maximum Gasteiger partial charge on any atom is 0.471 e. The second-order valence-electron chi connectivity index (χ2n) is 6.36. The molecule has 9 heteroatoms. The highest BCUT2D eigenvalue weighted by atomic mass is 19.4. The van der Waals surface area contributed by atoms with E-state index < -0.39 is 23.8 Å². The zero-order valence-corrected chi connectivity index (χ0v) is 13.6. The van der Waals surface area contributed by atoms with Gasteiger partial charge in [0.2, 0.25) is 5.82 Å². The number of hydrogen-bond acceptors (Lipinski definition) is 5. The highest BCUT2D eigenvalue weighted by molar-refractivity contribution is 5.91. The van der Waals surface area contributed by atoms with Crippen molar-refractivity contribution in [3.8, 4) is 11.4 Å². The third-order valence-electron chi connectivity index (χ3n) is 3.21. The lowest BCUT2D eigenvalue weighted by molar-refractivity contribution is -0.159. The van der Waals surface area contributed by atoms with Gasteiger partial charge in [0.1, 0.15) is 5.60 Å². The largest absolute Gasteiger partial charge is 0.471 e. The lowest BCUT2D eigenvalue weighted by atomic mass is 10.1. The summed E-state index contributed by atoms with van der Waals surface area (Å²) in [7, 11) is 0. The number of alkyl halides is 3. The van der Waals surface area contributed by atoms with Crippen LogP contribution >= 0.6 is 0 Å². The first-order valence-electron chi connectivity index (χ1n) is 7.30. The predicted octanol–water partition coefficient (Wildman–Crippen LogP) is 4.49. The number of hydrogen-bond donors (Lipinski definition) is 0. The molecule has 6 nitrogen and oxygen atoms in total. The molecule has 0 atom stereocenters. The molecule has 0 radical (unpaired) electrons. The van der Waals surface area contributed by atoms with Gasteiger partial charge in [-0.2, -0.15) is 18.2 Å². The minimum absolute atomic E-state index is 0.181. The van der Waals surface area contributed by atoms with Gasteiger partial charge in [-0.15, -0.1) is 0 Å². The Morgan fingerprint density at radius 3 is 2.52 bits per heavy atom. The van der Waals surface area contributed by atoms with E-state index in [9.17, 15) is 18.0 Å². The van der Waals surface area contributed by atoms with Crippen LogP contribution in [-0.4, -0.2) is 26.4 Å². The Bertz CT molecular complexity index is 935. The second-order valence-corrected chi connectivity index (χ2v) is 6.36. The first-order chi connectivity index (χ1) is 11.5. The van der Waals surface area contributed by atoms with E-state index in [0.717, 1.165) is 0 Å². The van der Waals surface area contributed by atoms with Gasteiger partial charge in [0.05, 0.1) is 5.52 Å². The van der Waals surface area contributed by atoms with Gasteiger partial charge in [-0.25, -0.2) is 4.79 Å². The molecular weight excluding hydrogens is 339 g/mol. The molecule has 0 saturated heterocycles. The van der Waals surface area contributed by atoms with Crippen LogP contribution in [-0.2, 0) is 10.9 Å². The van der Waals surface area contributed by atoms with Crippen LogP contribution in [0.3, 0.4) is 0 Å².